The van der Waals surface area contributed by atoms with E-state index < -0.39 is 5.91 Å². The molecule has 0 unspecified atom stereocenters. The standard InChI is InChI=1S/C17H21N5O2/c1-21(16-11-19-10-14(20-16)17(18)23)12-13-4-2-3-5-15(13)22-6-8-24-9-7-22/h2-5,10-11H,6-9,12H2,1H3,(H2,18,23). The fourth-order valence-electron chi connectivity index (χ4n) is 2.75. The van der Waals surface area contributed by atoms with Crippen molar-refractivity contribution >= 4 is 17.4 Å². The van der Waals surface area contributed by atoms with Gasteiger partial charge in [-0.05, 0) is 11.6 Å². The van der Waals surface area contributed by atoms with Crippen molar-refractivity contribution in [3.05, 3.63) is 47.9 Å². The Morgan fingerprint density at radius 2 is 2.04 bits per heavy atom. The molecular formula is C17H21N5O2. The summed E-state index contributed by atoms with van der Waals surface area (Å²) in [5, 5.41) is 0. The molecule has 0 radical (unpaired) electrons. The molecule has 1 aliphatic rings. The third-order valence-electron chi connectivity index (χ3n) is 4.02. The number of aromatic nitrogens is 2. The Hall–Kier alpha value is -2.67. The first-order valence-corrected chi connectivity index (χ1v) is 7.89. The molecule has 3 rings (SSSR count). The molecule has 1 aromatic heterocycles. The monoisotopic (exact) mass is 327 g/mol. The Kier molecular flexibility index (Phi) is 4.90. The second-order valence-corrected chi connectivity index (χ2v) is 5.71. The number of nitrogens with two attached hydrogens (primary N) is 1. The predicted molar refractivity (Wildman–Crippen MR) is 92.1 cm³/mol. The van der Waals surface area contributed by atoms with Crippen LogP contribution >= 0.6 is 0 Å². The molecule has 7 heteroatoms. The van der Waals surface area contributed by atoms with Gasteiger partial charge in [-0.3, -0.25) is 9.78 Å². The number of carbonyl (C=O) groups is 1. The molecular weight excluding hydrogens is 306 g/mol. The average molecular weight is 327 g/mol. The van der Waals surface area contributed by atoms with E-state index in [4.69, 9.17) is 10.5 Å². The third-order valence-corrected chi connectivity index (χ3v) is 4.02. The summed E-state index contributed by atoms with van der Waals surface area (Å²) in [6.07, 6.45) is 3.01. The van der Waals surface area contributed by atoms with Crippen LogP contribution in [0.15, 0.2) is 36.7 Å². The molecule has 1 aromatic carbocycles. The van der Waals surface area contributed by atoms with Crippen molar-refractivity contribution in [2.45, 2.75) is 6.54 Å². The van der Waals surface area contributed by atoms with Crippen LogP contribution in [-0.2, 0) is 11.3 Å². The van der Waals surface area contributed by atoms with Crippen molar-refractivity contribution < 1.29 is 9.53 Å². The lowest BCUT2D eigenvalue weighted by molar-refractivity contribution is 0.0995. The SMILES string of the molecule is CN(Cc1ccccc1N1CCOCC1)c1cncc(C(N)=O)n1. The minimum Gasteiger partial charge on any atom is -0.378 e. The molecule has 1 amide bonds. The number of nitrogens with zero attached hydrogens (tertiary/aromatic N) is 4. The summed E-state index contributed by atoms with van der Waals surface area (Å²) in [5.74, 6) is 0.0366. The molecule has 24 heavy (non-hydrogen) atoms. The first-order chi connectivity index (χ1) is 11.6. The molecule has 2 N–H and O–H groups in total. The van der Waals surface area contributed by atoms with E-state index in [9.17, 15) is 4.79 Å². The van der Waals surface area contributed by atoms with Crippen molar-refractivity contribution in [3.63, 3.8) is 0 Å². The number of para-hydroxylation sites is 1. The van der Waals surface area contributed by atoms with Gasteiger partial charge in [-0.25, -0.2) is 4.98 Å². The minimum atomic E-state index is -0.577. The van der Waals surface area contributed by atoms with E-state index in [-0.39, 0.29) is 5.69 Å². The maximum absolute atomic E-state index is 11.3. The zero-order valence-electron chi connectivity index (χ0n) is 13.7. The Balaban J connectivity index is 1.80. The summed E-state index contributed by atoms with van der Waals surface area (Å²) >= 11 is 0. The van der Waals surface area contributed by atoms with Crippen molar-refractivity contribution in [3.8, 4) is 0 Å². The average Bonchev–Trinajstić information content (AvgIpc) is 2.63. The number of hydrogen-bond acceptors (Lipinski definition) is 6. The molecule has 1 aliphatic heterocycles. The normalized spacial score (nSPS) is 14.5. The zero-order valence-corrected chi connectivity index (χ0v) is 13.7. The maximum atomic E-state index is 11.3. The summed E-state index contributed by atoms with van der Waals surface area (Å²) in [5.41, 5.74) is 7.83. The molecule has 0 saturated carbocycles. The summed E-state index contributed by atoms with van der Waals surface area (Å²) in [6.45, 7) is 3.92. The van der Waals surface area contributed by atoms with Crippen LogP contribution in [0.4, 0.5) is 11.5 Å². The number of ether oxygens (including phenoxy) is 1. The van der Waals surface area contributed by atoms with Gasteiger partial charge in [0.1, 0.15) is 11.5 Å². The molecule has 0 spiro atoms. The van der Waals surface area contributed by atoms with Gasteiger partial charge in [0.15, 0.2) is 0 Å². The van der Waals surface area contributed by atoms with Crippen molar-refractivity contribution in [2.75, 3.05) is 43.2 Å². The lowest BCUT2D eigenvalue weighted by Crippen LogP contribution is -2.37. The first-order valence-electron chi connectivity index (χ1n) is 7.89. The molecule has 1 fully saturated rings. The highest BCUT2D eigenvalue weighted by Crippen LogP contribution is 2.24. The first kappa shape index (κ1) is 16.2. The lowest BCUT2D eigenvalue weighted by atomic mass is 10.1. The van der Waals surface area contributed by atoms with Gasteiger partial charge in [0.25, 0.3) is 5.91 Å². The number of morpholine rings is 1. The molecule has 2 heterocycles. The van der Waals surface area contributed by atoms with Gasteiger partial charge in [-0.2, -0.15) is 0 Å². The smallest absolute Gasteiger partial charge is 0.268 e. The number of anilines is 2. The fourth-order valence-corrected chi connectivity index (χ4v) is 2.75. The second-order valence-electron chi connectivity index (χ2n) is 5.71. The van der Waals surface area contributed by atoms with Gasteiger partial charge in [-0.1, -0.05) is 18.2 Å². The van der Waals surface area contributed by atoms with Crippen LogP contribution in [-0.4, -0.2) is 49.2 Å². The van der Waals surface area contributed by atoms with E-state index in [2.05, 4.69) is 27.0 Å². The van der Waals surface area contributed by atoms with E-state index in [1.165, 1.54) is 17.4 Å². The van der Waals surface area contributed by atoms with Crippen LogP contribution in [0.2, 0.25) is 0 Å². The number of primary amides is 1. The number of rotatable bonds is 5. The van der Waals surface area contributed by atoms with Gasteiger partial charge in [0, 0.05) is 32.4 Å². The zero-order chi connectivity index (χ0) is 16.9. The van der Waals surface area contributed by atoms with Gasteiger partial charge in [0.2, 0.25) is 0 Å². The lowest BCUT2D eigenvalue weighted by Gasteiger charge is -2.31. The molecule has 0 bridgehead atoms. The quantitative estimate of drug-likeness (QED) is 0.883. The van der Waals surface area contributed by atoms with Crippen molar-refractivity contribution in [1.82, 2.24) is 9.97 Å². The van der Waals surface area contributed by atoms with Crippen molar-refractivity contribution in [1.29, 1.82) is 0 Å². The molecule has 126 valence electrons. The van der Waals surface area contributed by atoms with E-state index >= 15 is 0 Å². The number of carbonyl (C=O) groups excluding carboxylic acids is 1. The molecule has 0 atom stereocenters. The maximum Gasteiger partial charge on any atom is 0.268 e. The topological polar surface area (TPSA) is 84.6 Å². The summed E-state index contributed by atoms with van der Waals surface area (Å²) < 4.78 is 5.43. The van der Waals surface area contributed by atoms with Crippen molar-refractivity contribution in [2.24, 2.45) is 5.73 Å². The van der Waals surface area contributed by atoms with Crippen LogP contribution in [0.5, 0.6) is 0 Å². The third kappa shape index (κ3) is 3.62. The highest BCUT2D eigenvalue weighted by Gasteiger charge is 2.16. The summed E-state index contributed by atoms with van der Waals surface area (Å²) in [7, 11) is 1.92. The van der Waals surface area contributed by atoms with E-state index in [1.54, 1.807) is 6.20 Å². The predicted octanol–water partition coefficient (Wildman–Crippen LogP) is 1.05. The van der Waals surface area contributed by atoms with Gasteiger partial charge in [-0.15, -0.1) is 0 Å². The Labute approximate surface area is 141 Å². The molecule has 7 nitrogen and oxygen atoms in total. The van der Waals surface area contributed by atoms with Gasteiger partial charge >= 0.3 is 0 Å². The Bertz CT molecular complexity index is 716. The van der Waals surface area contributed by atoms with Crippen LogP contribution in [0.1, 0.15) is 16.1 Å². The molecule has 2 aromatic rings. The second kappa shape index (κ2) is 7.27. The van der Waals surface area contributed by atoms with E-state index in [1.807, 2.05) is 24.1 Å². The fraction of sp³-hybridized carbons (Fsp3) is 0.353. The Morgan fingerprint density at radius 3 is 2.79 bits per heavy atom. The summed E-state index contributed by atoms with van der Waals surface area (Å²) in [4.78, 5) is 23.9. The van der Waals surface area contributed by atoms with Crippen LogP contribution in [0, 0.1) is 0 Å². The molecule has 0 aliphatic carbocycles. The largest absolute Gasteiger partial charge is 0.378 e. The minimum absolute atomic E-state index is 0.167. The number of amides is 1. The highest BCUT2D eigenvalue weighted by molar-refractivity contribution is 5.90. The highest BCUT2D eigenvalue weighted by atomic mass is 16.5. The summed E-state index contributed by atoms with van der Waals surface area (Å²) in [6, 6.07) is 8.30. The van der Waals surface area contributed by atoms with Gasteiger partial charge < -0.3 is 20.3 Å². The Morgan fingerprint density at radius 1 is 1.29 bits per heavy atom. The van der Waals surface area contributed by atoms with Crippen LogP contribution in [0.3, 0.4) is 0 Å². The van der Waals surface area contributed by atoms with Crippen LogP contribution in [0.25, 0.3) is 0 Å². The van der Waals surface area contributed by atoms with E-state index in [0.717, 1.165) is 26.3 Å². The van der Waals surface area contributed by atoms with Gasteiger partial charge in [0.05, 0.1) is 25.6 Å². The molecule has 1 saturated heterocycles. The number of hydrogen-bond donors (Lipinski definition) is 1. The number of benzene rings is 1. The van der Waals surface area contributed by atoms with E-state index in [0.29, 0.717) is 12.4 Å². The van der Waals surface area contributed by atoms with Crippen LogP contribution < -0.4 is 15.5 Å².